The number of benzene rings is 1. The smallest absolute Gasteiger partial charge is 0.253 e. The lowest BCUT2D eigenvalue weighted by molar-refractivity contribution is 0.0946. The zero-order valence-corrected chi connectivity index (χ0v) is 14.3. The summed E-state index contributed by atoms with van der Waals surface area (Å²) in [5, 5.41) is 2.86. The number of hydrogen-bond acceptors (Lipinski definition) is 3. The molecule has 3 aromatic rings. The van der Waals surface area contributed by atoms with Crippen molar-refractivity contribution in [2.24, 2.45) is 0 Å². The molecule has 0 saturated carbocycles. The Morgan fingerprint density at radius 3 is 2.64 bits per heavy atom. The Morgan fingerprint density at radius 2 is 1.92 bits per heavy atom. The van der Waals surface area contributed by atoms with Crippen molar-refractivity contribution in [1.82, 2.24) is 20.3 Å². The summed E-state index contributed by atoms with van der Waals surface area (Å²) in [6.07, 6.45) is 2.57. The van der Waals surface area contributed by atoms with E-state index in [0.29, 0.717) is 23.9 Å². The first-order valence-electron chi connectivity index (χ1n) is 8.55. The highest BCUT2D eigenvalue weighted by molar-refractivity contribution is 5.97. The number of amides is 1. The van der Waals surface area contributed by atoms with Gasteiger partial charge in [0.1, 0.15) is 0 Å². The Balaban J connectivity index is 1.69. The molecular formula is C20H20N4O. The molecule has 1 aromatic carbocycles. The fourth-order valence-electron chi connectivity index (χ4n) is 3.10. The van der Waals surface area contributed by atoms with Crippen molar-refractivity contribution in [3.05, 3.63) is 59.4 Å². The Morgan fingerprint density at radius 1 is 1.12 bits per heavy atom. The lowest BCUT2D eigenvalue weighted by Gasteiger charge is -2.10. The second-order valence-electron chi connectivity index (χ2n) is 6.62. The molecule has 5 heteroatoms. The van der Waals surface area contributed by atoms with Crippen molar-refractivity contribution >= 4 is 5.91 Å². The summed E-state index contributed by atoms with van der Waals surface area (Å²) in [6.45, 7) is 5.02. The number of rotatable bonds is 3. The molecule has 0 saturated heterocycles. The van der Waals surface area contributed by atoms with Gasteiger partial charge in [-0.15, -0.1) is 0 Å². The zero-order chi connectivity index (χ0) is 17.4. The van der Waals surface area contributed by atoms with Crippen molar-refractivity contribution in [3.8, 4) is 22.8 Å². The Bertz CT molecular complexity index is 925. The minimum absolute atomic E-state index is 0.0256. The third-order valence-corrected chi connectivity index (χ3v) is 4.57. The highest BCUT2D eigenvalue weighted by Crippen LogP contribution is 2.25. The molecule has 0 unspecified atom stereocenters. The van der Waals surface area contributed by atoms with Gasteiger partial charge in [-0.3, -0.25) is 4.79 Å². The first kappa shape index (κ1) is 15.6. The molecule has 0 radical (unpaired) electrons. The normalized spacial score (nSPS) is 13.6. The molecule has 2 N–H and O–H groups in total. The van der Waals surface area contributed by atoms with Crippen LogP contribution in [0.1, 0.15) is 41.4 Å². The lowest BCUT2D eigenvalue weighted by atomic mass is 10.0. The van der Waals surface area contributed by atoms with E-state index in [4.69, 9.17) is 0 Å². The quantitative estimate of drug-likeness (QED) is 0.770. The first-order valence-corrected chi connectivity index (χ1v) is 8.55. The van der Waals surface area contributed by atoms with Gasteiger partial charge < -0.3 is 10.3 Å². The van der Waals surface area contributed by atoms with Gasteiger partial charge in [-0.1, -0.05) is 38.1 Å². The molecule has 5 nitrogen and oxygen atoms in total. The summed E-state index contributed by atoms with van der Waals surface area (Å²) in [7, 11) is 0. The van der Waals surface area contributed by atoms with E-state index in [-0.39, 0.29) is 5.91 Å². The molecule has 25 heavy (non-hydrogen) atoms. The molecule has 0 fully saturated rings. The van der Waals surface area contributed by atoms with Gasteiger partial charge in [0, 0.05) is 30.4 Å². The van der Waals surface area contributed by atoms with Crippen LogP contribution in [0.5, 0.6) is 0 Å². The summed E-state index contributed by atoms with van der Waals surface area (Å²) in [5.74, 6) is 1.16. The average Bonchev–Trinajstić information content (AvgIpc) is 3.08. The van der Waals surface area contributed by atoms with Crippen LogP contribution in [0.25, 0.3) is 22.8 Å². The van der Waals surface area contributed by atoms with E-state index in [9.17, 15) is 4.79 Å². The minimum atomic E-state index is -0.0256. The number of fused-ring (bicyclic) bond motifs is 1. The van der Waals surface area contributed by atoms with Gasteiger partial charge in [0.05, 0.1) is 17.0 Å². The number of aromatic amines is 1. The van der Waals surface area contributed by atoms with E-state index in [0.717, 1.165) is 29.1 Å². The SMILES string of the molecule is CC(C)c1ccc(-c2nccc(-c3cc4c([nH]3)CCNC4=O)n2)cc1. The molecular weight excluding hydrogens is 312 g/mol. The van der Waals surface area contributed by atoms with Gasteiger partial charge in [0.15, 0.2) is 5.82 Å². The van der Waals surface area contributed by atoms with Crippen molar-refractivity contribution in [2.45, 2.75) is 26.2 Å². The van der Waals surface area contributed by atoms with Crippen LogP contribution in [0.15, 0.2) is 42.6 Å². The van der Waals surface area contributed by atoms with Crippen LogP contribution >= 0.6 is 0 Å². The van der Waals surface area contributed by atoms with Crippen LogP contribution in [0, 0.1) is 0 Å². The van der Waals surface area contributed by atoms with Crippen molar-refractivity contribution in [1.29, 1.82) is 0 Å². The standard InChI is InChI=1S/C20H20N4O/c1-12(2)13-3-5-14(6-4-13)19-21-9-8-17(24-19)18-11-15-16(23-18)7-10-22-20(15)25/h3-6,8-9,11-12,23H,7,10H2,1-2H3,(H,22,25). The number of carbonyl (C=O) groups excluding carboxylic acids is 1. The molecule has 1 aliphatic heterocycles. The highest BCUT2D eigenvalue weighted by atomic mass is 16.1. The van der Waals surface area contributed by atoms with E-state index >= 15 is 0 Å². The van der Waals surface area contributed by atoms with Gasteiger partial charge >= 0.3 is 0 Å². The fourth-order valence-corrected chi connectivity index (χ4v) is 3.10. The second kappa shape index (κ2) is 6.16. The van der Waals surface area contributed by atoms with Crippen molar-refractivity contribution < 1.29 is 4.79 Å². The van der Waals surface area contributed by atoms with Crippen LogP contribution in [-0.2, 0) is 6.42 Å². The van der Waals surface area contributed by atoms with Crippen molar-refractivity contribution in [2.75, 3.05) is 6.54 Å². The summed E-state index contributed by atoms with van der Waals surface area (Å²) in [5.41, 5.74) is 5.61. The van der Waals surface area contributed by atoms with Crippen LogP contribution < -0.4 is 5.32 Å². The van der Waals surface area contributed by atoms with Gasteiger partial charge in [0.25, 0.3) is 5.91 Å². The second-order valence-corrected chi connectivity index (χ2v) is 6.62. The van der Waals surface area contributed by atoms with Gasteiger partial charge in [-0.05, 0) is 23.6 Å². The predicted molar refractivity (Wildman–Crippen MR) is 97.4 cm³/mol. The summed E-state index contributed by atoms with van der Waals surface area (Å²) >= 11 is 0. The average molecular weight is 332 g/mol. The van der Waals surface area contributed by atoms with E-state index < -0.39 is 0 Å². The van der Waals surface area contributed by atoms with E-state index in [1.54, 1.807) is 6.20 Å². The maximum atomic E-state index is 11.9. The molecule has 0 bridgehead atoms. The van der Waals surface area contributed by atoms with E-state index in [1.165, 1.54) is 5.56 Å². The van der Waals surface area contributed by atoms with Gasteiger partial charge in [-0.2, -0.15) is 0 Å². The maximum Gasteiger partial charge on any atom is 0.253 e. The number of aromatic nitrogens is 3. The number of nitrogens with one attached hydrogen (secondary N) is 2. The first-order chi connectivity index (χ1) is 12.1. The summed E-state index contributed by atoms with van der Waals surface area (Å²) in [4.78, 5) is 24.4. The number of hydrogen-bond donors (Lipinski definition) is 2. The third kappa shape index (κ3) is 2.93. The third-order valence-electron chi connectivity index (χ3n) is 4.57. The topological polar surface area (TPSA) is 70.7 Å². The molecule has 3 heterocycles. The number of H-pyrrole nitrogens is 1. The molecule has 126 valence electrons. The summed E-state index contributed by atoms with van der Waals surface area (Å²) < 4.78 is 0. The summed E-state index contributed by atoms with van der Waals surface area (Å²) in [6, 6.07) is 12.1. The number of nitrogens with zero attached hydrogens (tertiary/aromatic N) is 2. The lowest BCUT2D eigenvalue weighted by Crippen LogP contribution is -2.31. The Hall–Kier alpha value is -2.95. The minimum Gasteiger partial charge on any atom is -0.356 e. The monoisotopic (exact) mass is 332 g/mol. The maximum absolute atomic E-state index is 11.9. The molecule has 4 rings (SSSR count). The van der Waals surface area contributed by atoms with E-state index in [2.05, 4.69) is 58.4 Å². The largest absolute Gasteiger partial charge is 0.356 e. The predicted octanol–water partition coefficient (Wildman–Crippen LogP) is 3.55. The van der Waals surface area contributed by atoms with Crippen LogP contribution in [0.3, 0.4) is 0 Å². The number of carbonyl (C=O) groups is 1. The molecule has 0 aliphatic carbocycles. The molecule has 2 aromatic heterocycles. The van der Waals surface area contributed by atoms with Gasteiger partial charge in [0.2, 0.25) is 0 Å². The Kier molecular flexibility index (Phi) is 3.84. The van der Waals surface area contributed by atoms with Gasteiger partial charge in [-0.25, -0.2) is 9.97 Å². The molecule has 1 aliphatic rings. The molecule has 0 atom stereocenters. The van der Waals surface area contributed by atoms with Crippen LogP contribution in [0.2, 0.25) is 0 Å². The highest BCUT2D eigenvalue weighted by Gasteiger charge is 2.20. The molecule has 1 amide bonds. The van der Waals surface area contributed by atoms with Crippen molar-refractivity contribution in [3.63, 3.8) is 0 Å². The van der Waals surface area contributed by atoms with Crippen LogP contribution in [0.4, 0.5) is 0 Å². The van der Waals surface area contributed by atoms with E-state index in [1.807, 2.05) is 12.1 Å². The fraction of sp³-hybridized carbons (Fsp3) is 0.250. The molecule has 0 spiro atoms. The zero-order valence-electron chi connectivity index (χ0n) is 14.3. The Labute approximate surface area is 146 Å². The van der Waals surface area contributed by atoms with Crippen LogP contribution in [-0.4, -0.2) is 27.4 Å².